The van der Waals surface area contributed by atoms with Crippen molar-refractivity contribution in [3.63, 3.8) is 0 Å². The summed E-state index contributed by atoms with van der Waals surface area (Å²) in [4.78, 5) is 34.3. The first-order chi connectivity index (χ1) is 13.6. The second-order valence-corrected chi connectivity index (χ2v) is 7.92. The van der Waals surface area contributed by atoms with Crippen LogP contribution in [0.1, 0.15) is 64.6 Å². The number of rotatable bonds is 6. The van der Waals surface area contributed by atoms with Crippen molar-refractivity contribution in [2.75, 3.05) is 13.1 Å². The van der Waals surface area contributed by atoms with Gasteiger partial charge in [0.25, 0.3) is 11.8 Å². The summed E-state index contributed by atoms with van der Waals surface area (Å²) < 4.78 is 1.91. The van der Waals surface area contributed by atoms with Gasteiger partial charge in [0.2, 0.25) is 0 Å². The van der Waals surface area contributed by atoms with Gasteiger partial charge in [-0.1, -0.05) is 19.4 Å². The van der Waals surface area contributed by atoms with Crippen molar-refractivity contribution >= 4 is 11.8 Å². The van der Waals surface area contributed by atoms with Gasteiger partial charge in [-0.3, -0.25) is 9.59 Å². The van der Waals surface area contributed by atoms with Gasteiger partial charge in [-0.15, -0.1) is 0 Å². The van der Waals surface area contributed by atoms with Gasteiger partial charge in [0, 0.05) is 56.5 Å². The van der Waals surface area contributed by atoms with E-state index in [1.807, 2.05) is 45.8 Å². The molecule has 1 fully saturated rings. The Kier molecular flexibility index (Phi) is 5.20. The van der Waals surface area contributed by atoms with Crippen LogP contribution in [0.2, 0.25) is 0 Å². The maximum Gasteiger partial charge on any atom is 0.254 e. The van der Waals surface area contributed by atoms with Gasteiger partial charge in [0.05, 0.1) is 12.0 Å². The molecule has 6 heteroatoms. The Hall–Kier alpha value is -2.63. The molecule has 0 aliphatic carbocycles. The lowest BCUT2D eigenvalue weighted by atomic mass is 10.0. The highest BCUT2D eigenvalue weighted by Gasteiger charge is 2.34. The normalized spacial score (nSPS) is 18.8. The molecule has 6 nitrogen and oxygen atoms in total. The van der Waals surface area contributed by atoms with Crippen LogP contribution in [0.4, 0.5) is 0 Å². The fourth-order valence-corrected chi connectivity index (χ4v) is 4.51. The number of hydrogen-bond donors (Lipinski definition) is 0. The Morgan fingerprint density at radius 3 is 2.93 bits per heavy atom. The van der Waals surface area contributed by atoms with E-state index in [-0.39, 0.29) is 11.8 Å². The number of nitrogens with zero attached hydrogens (tertiary/aromatic N) is 4. The fraction of sp³-hybridized carbons (Fsp3) is 0.500. The van der Waals surface area contributed by atoms with E-state index in [1.54, 1.807) is 6.33 Å². The Morgan fingerprint density at radius 1 is 1.32 bits per heavy atom. The lowest BCUT2D eigenvalue weighted by molar-refractivity contribution is 0.0724. The molecule has 1 saturated heterocycles. The summed E-state index contributed by atoms with van der Waals surface area (Å²) in [6, 6.07) is 5.92. The summed E-state index contributed by atoms with van der Waals surface area (Å²) in [5.41, 5.74) is 3.25. The molecule has 1 aromatic carbocycles. The number of carbonyl (C=O) groups is 2. The highest BCUT2D eigenvalue weighted by molar-refractivity contribution is 6.04. The molecule has 28 heavy (non-hydrogen) atoms. The van der Waals surface area contributed by atoms with E-state index in [0.717, 1.165) is 43.5 Å². The Morgan fingerprint density at radius 2 is 2.18 bits per heavy atom. The summed E-state index contributed by atoms with van der Waals surface area (Å²) in [5.74, 6) is 0.110. The predicted molar refractivity (Wildman–Crippen MR) is 107 cm³/mol. The van der Waals surface area contributed by atoms with Crippen LogP contribution in [0.3, 0.4) is 0 Å². The molecule has 4 rings (SSSR count). The van der Waals surface area contributed by atoms with Crippen molar-refractivity contribution in [2.24, 2.45) is 7.05 Å². The molecule has 3 heterocycles. The van der Waals surface area contributed by atoms with Crippen LogP contribution < -0.4 is 0 Å². The maximum absolute atomic E-state index is 13.3. The lowest BCUT2D eigenvalue weighted by Crippen LogP contribution is -2.36. The van der Waals surface area contributed by atoms with Crippen molar-refractivity contribution in [2.45, 2.75) is 51.6 Å². The van der Waals surface area contributed by atoms with Gasteiger partial charge >= 0.3 is 0 Å². The largest absolute Gasteiger partial charge is 0.340 e. The number of imidazole rings is 1. The van der Waals surface area contributed by atoms with Crippen LogP contribution in [-0.2, 0) is 20.0 Å². The monoisotopic (exact) mass is 380 g/mol. The molecule has 2 amide bonds. The number of likely N-dealkylation sites (tertiary alicyclic amines) is 1. The number of aryl methyl sites for hydroxylation is 1. The molecule has 0 radical (unpaired) electrons. The molecular weight excluding hydrogens is 352 g/mol. The van der Waals surface area contributed by atoms with Gasteiger partial charge in [-0.25, -0.2) is 4.98 Å². The van der Waals surface area contributed by atoms with E-state index >= 15 is 0 Å². The Bertz CT molecular complexity index is 888. The van der Waals surface area contributed by atoms with E-state index in [4.69, 9.17) is 0 Å². The third kappa shape index (κ3) is 3.43. The molecule has 2 aliphatic rings. The zero-order valence-electron chi connectivity index (χ0n) is 16.7. The molecule has 0 N–H and O–H groups in total. The topological polar surface area (TPSA) is 58.4 Å². The second-order valence-electron chi connectivity index (χ2n) is 7.92. The quantitative estimate of drug-likeness (QED) is 0.774. The van der Waals surface area contributed by atoms with Gasteiger partial charge in [0.1, 0.15) is 0 Å². The SMILES string of the molecule is CCCC1CCCN1C(=O)c1cccc2c1CN(CCc1cn(C)cn1)C2=O. The number of fused-ring (bicyclic) bond motifs is 1. The molecule has 1 aromatic heterocycles. The summed E-state index contributed by atoms with van der Waals surface area (Å²) >= 11 is 0. The van der Waals surface area contributed by atoms with E-state index in [1.165, 1.54) is 0 Å². The molecule has 148 valence electrons. The van der Waals surface area contributed by atoms with Crippen molar-refractivity contribution in [3.05, 3.63) is 53.1 Å². The number of hydrogen-bond acceptors (Lipinski definition) is 3. The first kappa shape index (κ1) is 18.7. The van der Waals surface area contributed by atoms with E-state index in [9.17, 15) is 9.59 Å². The van der Waals surface area contributed by atoms with E-state index < -0.39 is 0 Å². The summed E-state index contributed by atoms with van der Waals surface area (Å²) in [5, 5.41) is 0. The van der Waals surface area contributed by atoms with Crippen molar-refractivity contribution in [1.82, 2.24) is 19.4 Å². The zero-order chi connectivity index (χ0) is 19.7. The molecule has 1 atom stereocenters. The highest BCUT2D eigenvalue weighted by atomic mass is 16.2. The zero-order valence-corrected chi connectivity index (χ0v) is 16.7. The standard InChI is InChI=1S/C22H28N4O2/c1-3-6-17-7-5-11-26(17)22(28)19-9-4-8-18-20(19)14-25(21(18)27)12-10-16-13-24(2)15-23-16/h4,8-9,13,15,17H,3,5-7,10-12,14H2,1-2H3. The second kappa shape index (κ2) is 7.78. The first-order valence-corrected chi connectivity index (χ1v) is 10.3. The number of benzene rings is 1. The summed E-state index contributed by atoms with van der Waals surface area (Å²) in [6.07, 6.45) is 8.76. The minimum absolute atomic E-state index is 0.0205. The van der Waals surface area contributed by atoms with Crippen LogP contribution in [0.15, 0.2) is 30.7 Å². The van der Waals surface area contributed by atoms with Crippen molar-refractivity contribution in [3.8, 4) is 0 Å². The molecule has 1 unspecified atom stereocenters. The number of aromatic nitrogens is 2. The fourth-order valence-electron chi connectivity index (χ4n) is 4.51. The molecule has 0 saturated carbocycles. The summed E-state index contributed by atoms with van der Waals surface area (Å²) in [6.45, 7) is 4.11. The molecule has 0 bridgehead atoms. The molecule has 2 aliphatic heterocycles. The van der Waals surface area contributed by atoms with Gasteiger partial charge < -0.3 is 14.4 Å². The van der Waals surface area contributed by atoms with Crippen LogP contribution in [-0.4, -0.2) is 50.3 Å². The number of amides is 2. The Labute approximate surface area is 166 Å². The maximum atomic E-state index is 13.3. The van der Waals surface area contributed by atoms with Crippen LogP contribution >= 0.6 is 0 Å². The smallest absolute Gasteiger partial charge is 0.254 e. The molecule has 0 spiro atoms. The van der Waals surface area contributed by atoms with Crippen LogP contribution in [0, 0.1) is 0 Å². The van der Waals surface area contributed by atoms with E-state index in [2.05, 4.69) is 11.9 Å². The molecular formula is C22H28N4O2. The van der Waals surface area contributed by atoms with Crippen molar-refractivity contribution in [1.29, 1.82) is 0 Å². The lowest BCUT2D eigenvalue weighted by Gasteiger charge is -2.25. The number of carbonyl (C=O) groups excluding carboxylic acids is 2. The van der Waals surface area contributed by atoms with Gasteiger partial charge in [-0.05, 0) is 37.0 Å². The predicted octanol–water partition coefficient (Wildman–Crippen LogP) is 3.02. The van der Waals surface area contributed by atoms with Gasteiger partial charge in [0.15, 0.2) is 0 Å². The third-order valence-corrected chi connectivity index (χ3v) is 5.93. The van der Waals surface area contributed by atoms with Crippen LogP contribution in [0.25, 0.3) is 0 Å². The molecule has 2 aromatic rings. The van der Waals surface area contributed by atoms with Crippen molar-refractivity contribution < 1.29 is 9.59 Å². The minimum Gasteiger partial charge on any atom is -0.340 e. The average Bonchev–Trinajstić information content (AvgIpc) is 3.40. The minimum atomic E-state index is 0.0205. The Balaban J connectivity index is 1.51. The van der Waals surface area contributed by atoms with Gasteiger partial charge in [-0.2, -0.15) is 0 Å². The summed E-state index contributed by atoms with van der Waals surface area (Å²) in [7, 11) is 1.94. The average molecular weight is 380 g/mol. The van der Waals surface area contributed by atoms with E-state index in [0.29, 0.717) is 36.7 Å². The third-order valence-electron chi connectivity index (χ3n) is 5.93. The first-order valence-electron chi connectivity index (χ1n) is 10.3. The highest BCUT2D eigenvalue weighted by Crippen LogP contribution is 2.30. The van der Waals surface area contributed by atoms with Crippen LogP contribution in [0.5, 0.6) is 0 Å².